The summed E-state index contributed by atoms with van der Waals surface area (Å²) in [6, 6.07) is 8.79. The van der Waals surface area contributed by atoms with Crippen LogP contribution in [-0.2, 0) is 0 Å². The number of rotatable bonds is 2. The molecule has 1 heterocycles. The van der Waals surface area contributed by atoms with E-state index in [1.165, 1.54) is 31.5 Å². The van der Waals surface area contributed by atoms with E-state index >= 15 is 0 Å². The van der Waals surface area contributed by atoms with Crippen LogP contribution in [0.25, 0.3) is 0 Å². The van der Waals surface area contributed by atoms with E-state index in [1.807, 2.05) is 12.1 Å². The summed E-state index contributed by atoms with van der Waals surface area (Å²) in [4.78, 5) is 2.53. The van der Waals surface area contributed by atoms with Crippen LogP contribution in [0.3, 0.4) is 0 Å². The molecule has 1 saturated heterocycles. The van der Waals surface area contributed by atoms with E-state index in [4.69, 9.17) is 5.73 Å². The monoisotopic (exact) mass is 190 g/mol. The fourth-order valence-corrected chi connectivity index (χ4v) is 2.11. The lowest BCUT2D eigenvalue weighted by molar-refractivity contribution is 0.263. The predicted molar refractivity (Wildman–Crippen MR) is 60.1 cm³/mol. The Hall–Kier alpha value is -1.02. The lowest BCUT2D eigenvalue weighted by atomic mass is 10.1. The van der Waals surface area contributed by atoms with Crippen LogP contribution in [0.5, 0.6) is 0 Å². The summed E-state index contributed by atoms with van der Waals surface area (Å²) < 4.78 is 0. The van der Waals surface area contributed by atoms with E-state index in [9.17, 15) is 0 Å². The first-order valence-corrected chi connectivity index (χ1v) is 5.37. The highest BCUT2D eigenvalue weighted by molar-refractivity contribution is 5.40. The Morgan fingerprint density at radius 2 is 1.71 bits per heavy atom. The summed E-state index contributed by atoms with van der Waals surface area (Å²) in [5.41, 5.74) is 7.89. The Morgan fingerprint density at radius 3 is 2.29 bits per heavy atom. The van der Waals surface area contributed by atoms with Gasteiger partial charge in [0.1, 0.15) is 0 Å². The maximum Gasteiger partial charge on any atom is 0.0319 e. The van der Waals surface area contributed by atoms with Crippen LogP contribution in [0.15, 0.2) is 24.3 Å². The maximum absolute atomic E-state index is 5.67. The molecule has 0 spiro atoms. The van der Waals surface area contributed by atoms with Crippen LogP contribution in [0, 0.1) is 0 Å². The molecule has 1 atom stereocenters. The molecule has 2 nitrogen and oxygen atoms in total. The second kappa shape index (κ2) is 4.01. The summed E-state index contributed by atoms with van der Waals surface area (Å²) >= 11 is 0. The Labute approximate surface area is 85.7 Å². The first-order chi connectivity index (χ1) is 6.77. The highest BCUT2D eigenvalue weighted by Crippen LogP contribution is 2.24. The van der Waals surface area contributed by atoms with Gasteiger partial charge in [-0.3, -0.25) is 4.90 Å². The zero-order valence-electron chi connectivity index (χ0n) is 8.74. The smallest absolute Gasteiger partial charge is 0.0319 e. The molecule has 1 fully saturated rings. The molecule has 1 aliphatic heterocycles. The van der Waals surface area contributed by atoms with E-state index in [1.54, 1.807) is 0 Å². The molecule has 1 aromatic carbocycles. The van der Waals surface area contributed by atoms with Crippen LogP contribution >= 0.6 is 0 Å². The molecule has 14 heavy (non-hydrogen) atoms. The first-order valence-electron chi connectivity index (χ1n) is 5.37. The molecule has 2 heteroatoms. The van der Waals surface area contributed by atoms with Gasteiger partial charge in [0, 0.05) is 11.7 Å². The van der Waals surface area contributed by atoms with Gasteiger partial charge in [-0.1, -0.05) is 12.1 Å². The number of nitrogens with two attached hydrogens (primary N) is 1. The zero-order valence-corrected chi connectivity index (χ0v) is 8.74. The number of anilines is 1. The Kier molecular flexibility index (Phi) is 2.73. The third-order valence-corrected chi connectivity index (χ3v) is 3.11. The Bertz CT molecular complexity index is 286. The molecule has 0 unspecified atom stereocenters. The van der Waals surface area contributed by atoms with Crippen molar-refractivity contribution in [2.45, 2.75) is 25.8 Å². The van der Waals surface area contributed by atoms with Gasteiger partial charge >= 0.3 is 0 Å². The third-order valence-electron chi connectivity index (χ3n) is 3.11. The molecule has 0 saturated carbocycles. The second-order valence-electron chi connectivity index (χ2n) is 4.09. The van der Waals surface area contributed by atoms with Crippen molar-refractivity contribution in [3.05, 3.63) is 29.8 Å². The zero-order chi connectivity index (χ0) is 9.97. The Morgan fingerprint density at radius 1 is 1.14 bits per heavy atom. The maximum atomic E-state index is 5.67. The van der Waals surface area contributed by atoms with E-state index in [-0.39, 0.29) is 0 Å². The van der Waals surface area contributed by atoms with Crippen LogP contribution in [0.1, 0.15) is 31.4 Å². The largest absolute Gasteiger partial charge is 0.399 e. The van der Waals surface area contributed by atoms with Crippen molar-refractivity contribution in [2.75, 3.05) is 18.8 Å². The lowest BCUT2D eigenvalue weighted by Gasteiger charge is -2.24. The van der Waals surface area contributed by atoms with Gasteiger partial charge in [0.15, 0.2) is 0 Å². The summed E-state index contributed by atoms with van der Waals surface area (Å²) in [5.74, 6) is 0. The topological polar surface area (TPSA) is 29.3 Å². The molecule has 0 aliphatic carbocycles. The van der Waals surface area contributed by atoms with Crippen molar-refractivity contribution >= 4 is 5.69 Å². The number of nitrogens with zero attached hydrogens (tertiary/aromatic N) is 1. The molecular weight excluding hydrogens is 172 g/mol. The minimum absolute atomic E-state index is 0.540. The highest BCUT2D eigenvalue weighted by Gasteiger charge is 2.18. The molecule has 0 amide bonds. The number of hydrogen-bond donors (Lipinski definition) is 1. The first kappa shape index (κ1) is 9.53. The van der Waals surface area contributed by atoms with Gasteiger partial charge in [-0.15, -0.1) is 0 Å². The number of nitrogen functional groups attached to an aromatic ring is 1. The normalized spacial score (nSPS) is 19.8. The molecule has 1 aliphatic rings. The summed E-state index contributed by atoms with van der Waals surface area (Å²) in [5, 5.41) is 0. The molecule has 1 aromatic rings. The third kappa shape index (κ3) is 1.90. The fraction of sp³-hybridized carbons (Fsp3) is 0.500. The highest BCUT2D eigenvalue weighted by atomic mass is 15.2. The van der Waals surface area contributed by atoms with Crippen molar-refractivity contribution in [3.8, 4) is 0 Å². The van der Waals surface area contributed by atoms with Gasteiger partial charge in [-0.05, 0) is 50.6 Å². The Balaban J connectivity index is 2.09. The van der Waals surface area contributed by atoms with Gasteiger partial charge in [0.25, 0.3) is 0 Å². The van der Waals surface area contributed by atoms with Gasteiger partial charge in [-0.25, -0.2) is 0 Å². The molecule has 0 aromatic heterocycles. The predicted octanol–water partition coefficient (Wildman–Crippen LogP) is 2.43. The second-order valence-corrected chi connectivity index (χ2v) is 4.09. The SMILES string of the molecule is C[C@@H](c1ccc(N)cc1)N1CCCC1. The fourth-order valence-electron chi connectivity index (χ4n) is 2.11. The molecule has 2 N–H and O–H groups in total. The number of hydrogen-bond acceptors (Lipinski definition) is 2. The summed E-state index contributed by atoms with van der Waals surface area (Å²) in [6.45, 7) is 4.76. The van der Waals surface area contributed by atoms with Crippen LogP contribution < -0.4 is 5.73 Å². The average Bonchev–Trinajstić information content (AvgIpc) is 2.71. The van der Waals surface area contributed by atoms with Crippen molar-refractivity contribution < 1.29 is 0 Å². The standard InChI is InChI=1S/C12H18N2/c1-10(14-8-2-3-9-14)11-4-6-12(13)7-5-11/h4-7,10H,2-3,8-9,13H2,1H3/t10-/m0/s1. The van der Waals surface area contributed by atoms with Gasteiger partial charge < -0.3 is 5.73 Å². The minimum Gasteiger partial charge on any atom is -0.399 e. The molecule has 0 radical (unpaired) electrons. The van der Waals surface area contributed by atoms with Crippen molar-refractivity contribution in [1.82, 2.24) is 4.90 Å². The van der Waals surface area contributed by atoms with E-state index in [0.717, 1.165) is 5.69 Å². The van der Waals surface area contributed by atoms with Crippen molar-refractivity contribution in [2.24, 2.45) is 0 Å². The number of likely N-dealkylation sites (tertiary alicyclic amines) is 1. The molecule has 2 rings (SSSR count). The minimum atomic E-state index is 0.540. The van der Waals surface area contributed by atoms with Crippen LogP contribution in [-0.4, -0.2) is 18.0 Å². The van der Waals surface area contributed by atoms with Gasteiger partial charge in [0.05, 0.1) is 0 Å². The molecular formula is C12H18N2. The van der Waals surface area contributed by atoms with E-state index < -0.39 is 0 Å². The van der Waals surface area contributed by atoms with Crippen molar-refractivity contribution in [3.63, 3.8) is 0 Å². The quantitative estimate of drug-likeness (QED) is 0.726. The van der Waals surface area contributed by atoms with Crippen molar-refractivity contribution in [1.29, 1.82) is 0 Å². The lowest BCUT2D eigenvalue weighted by Crippen LogP contribution is -2.23. The average molecular weight is 190 g/mol. The summed E-state index contributed by atoms with van der Waals surface area (Å²) in [6.07, 6.45) is 2.69. The van der Waals surface area contributed by atoms with Gasteiger partial charge in [-0.2, -0.15) is 0 Å². The summed E-state index contributed by atoms with van der Waals surface area (Å²) in [7, 11) is 0. The van der Waals surface area contributed by atoms with E-state index in [0.29, 0.717) is 6.04 Å². The van der Waals surface area contributed by atoms with Crippen LogP contribution in [0.4, 0.5) is 5.69 Å². The number of benzene rings is 1. The van der Waals surface area contributed by atoms with E-state index in [2.05, 4.69) is 24.0 Å². The molecule has 0 bridgehead atoms. The van der Waals surface area contributed by atoms with Gasteiger partial charge in [0.2, 0.25) is 0 Å². The molecule has 76 valence electrons. The van der Waals surface area contributed by atoms with Crippen LogP contribution in [0.2, 0.25) is 0 Å².